The van der Waals surface area contributed by atoms with E-state index in [9.17, 15) is 24.3 Å². The molecule has 7 nitrogen and oxygen atoms in total. The number of carbonyl (C=O) groups is 4. The fourth-order valence-electron chi connectivity index (χ4n) is 13.6. The number of fused-ring (bicyclic) bond motifs is 5. The van der Waals surface area contributed by atoms with Crippen LogP contribution in [0.4, 0.5) is 0 Å². The highest BCUT2D eigenvalue weighted by Gasteiger charge is 2.70. The van der Waals surface area contributed by atoms with Crippen LogP contribution >= 0.6 is 0 Å². The molecule has 0 radical (unpaired) electrons. The SMILES string of the molecule is CC(C=CC1=C(C)CCCC1(C)C)=CC=CC(C)=CC(=O)OCC(=O)[C@]1(OC(=O)C=C(C)C=CC=C(C)C=CC2=C(C)CCCC2(C)C)CC[C@H]2[C@@H]3CCC4=CC(=O)CC[C@]4(C)[C@H]3[C@@H](O)C[C@@]21C. The van der Waals surface area contributed by atoms with Crippen LogP contribution in [0.5, 0.6) is 0 Å². The number of ketones is 2. The molecule has 368 valence electrons. The number of aliphatic hydroxyl groups is 1. The molecule has 7 atom stereocenters. The zero-order chi connectivity index (χ0) is 49.8. The number of aliphatic hydroxyl groups excluding tert-OH is 1. The van der Waals surface area contributed by atoms with Gasteiger partial charge in [0.1, 0.15) is 0 Å². The number of hydrogen-bond donors (Lipinski definition) is 1. The molecule has 0 amide bonds. The molecule has 68 heavy (non-hydrogen) atoms. The average Bonchev–Trinajstić information content (AvgIpc) is 3.53. The van der Waals surface area contributed by atoms with Crippen LogP contribution in [0.3, 0.4) is 0 Å². The van der Waals surface area contributed by atoms with Gasteiger partial charge in [0.25, 0.3) is 0 Å². The van der Waals surface area contributed by atoms with E-state index in [1.165, 1.54) is 60.1 Å². The molecule has 0 aliphatic heterocycles. The topological polar surface area (TPSA) is 107 Å². The zero-order valence-corrected chi connectivity index (χ0v) is 43.6. The van der Waals surface area contributed by atoms with Crippen LogP contribution in [0.1, 0.15) is 167 Å². The van der Waals surface area contributed by atoms with E-state index in [2.05, 4.69) is 86.6 Å². The first kappa shape index (κ1) is 52.7. The molecular weight excluding hydrogens is 845 g/mol. The van der Waals surface area contributed by atoms with Crippen LogP contribution in [0.2, 0.25) is 0 Å². The van der Waals surface area contributed by atoms with Crippen molar-refractivity contribution in [2.24, 2.45) is 39.4 Å². The third-order valence-electron chi connectivity index (χ3n) is 17.3. The Morgan fingerprint density at radius 3 is 1.78 bits per heavy atom. The van der Waals surface area contributed by atoms with Gasteiger partial charge in [-0.2, -0.15) is 0 Å². The largest absolute Gasteiger partial charge is 0.454 e. The second-order valence-corrected chi connectivity index (χ2v) is 23.2. The molecule has 0 aromatic rings. The minimum atomic E-state index is -1.63. The molecule has 6 aliphatic rings. The van der Waals surface area contributed by atoms with Crippen LogP contribution < -0.4 is 0 Å². The van der Waals surface area contributed by atoms with Crippen LogP contribution in [-0.2, 0) is 28.7 Å². The van der Waals surface area contributed by atoms with Crippen molar-refractivity contribution in [3.8, 4) is 0 Å². The smallest absolute Gasteiger partial charge is 0.332 e. The summed E-state index contributed by atoms with van der Waals surface area (Å²) in [6, 6.07) is 0. The number of esters is 2. The van der Waals surface area contributed by atoms with Crippen molar-refractivity contribution in [1.29, 1.82) is 0 Å². The lowest BCUT2D eigenvalue weighted by molar-refractivity contribution is -0.200. The summed E-state index contributed by atoms with van der Waals surface area (Å²) in [4.78, 5) is 54.7. The van der Waals surface area contributed by atoms with Crippen molar-refractivity contribution in [3.63, 3.8) is 0 Å². The van der Waals surface area contributed by atoms with E-state index >= 15 is 0 Å². The van der Waals surface area contributed by atoms with E-state index in [0.717, 1.165) is 42.4 Å². The van der Waals surface area contributed by atoms with Gasteiger partial charge < -0.3 is 14.6 Å². The maximum absolute atomic E-state index is 14.8. The van der Waals surface area contributed by atoms with Crippen molar-refractivity contribution >= 4 is 23.5 Å². The Labute approximate surface area is 409 Å². The molecule has 0 heterocycles. The van der Waals surface area contributed by atoms with E-state index in [-0.39, 0.29) is 52.6 Å². The van der Waals surface area contributed by atoms with Gasteiger partial charge in [-0.3, -0.25) is 9.59 Å². The third kappa shape index (κ3) is 11.4. The van der Waals surface area contributed by atoms with E-state index in [1.54, 1.807) is 0 Å². The fourth-order valence-corrected chi connectivity index (χ4v) is 13.6. The molecule has 0 aromatic carbocycles. The Morgan fingerprint density at radius 1 is 0.691 bits per heavy atom. The zero-order valence-electron chi connectivity index (χ0n) is 43.6. The lowest BCUT2D eigenvalue weighted by Gasteiger charge is -2.60. The Bertz CT molecular complexity index is 2360. The molecule has 3 fully saturated rings. The van der Waals surface area contributed by atoms with Crippen molar-refractivity contribution in [2.75, 3.05) is 6.61 Å². The van der Waals surface area contributed by atoms with Crippen LogP contribution in [0.15, 0.2) is 129 Å². The number of allylic oxidation sites excluding steroid dienone is 19. The molecule has 0 saturated heterocycles. The van der Waals surface area contributed by atoms with Crippen molar-refractivity contribution < 1.29 is 33.8 Å². The van der Waals surface area contributed by atoms with E-state index < -0.39 is 41.4 Å². The number of rotatable bonds is 14. The van der Waals surface area contributed by atoms with Gasteiger partial charge in [-0.15, -0.1) is 0 Å². The van der Waals surface area contributed by atoms with E-state index in [4.69, 9.17) is 9.47 Å². The van der Waals surface area contributed by atoms with Gasteiger partial charge in [0.05, 0.1) is 6.10 Å². The highest BCUT2D eigenvalue weighted by atomic mass is 16.6. The quantitative estimate of drug-likeness (QED) is 0.105. The van der Waals surface area contributed by atoms with Crippen molar-refractivity contribution in [1.82, 2.24) is 0 Å². The Balaban J connectivity index is 1.19. The summed E-state index contributed by atoms with van der Waals surface area (Å²) in [7, 11) is 0. The highest BCUT2D eigenvalue weighted by Crippen LogP contribution is 2.68. The van der Waals surface area contributed by atoms with Gasteiger partial charge in [-0.05, 0) is 181 Å². The third-order valence-corrected chi connectivity index (χ3v) is 17.3. The highest BCUT2D eigenvalue weighted by molar-refractivity contribution is 5.96. The summed E-state index contributed by atoms with van der Waals surface area (Å²) in [5.41, 5.74) is 7.77. The normalized spacial score (nSPS) is 32.5. The second kappa shape index (κ2) is 21.2. The molecule has 6 rings (SSSR count). The molecule has 0 aromatic heterocycles. The number of Topliss-reactive ketones (excluding diaryl/α,β-unsaturated/α-hetero) is 1. The standard InChI is InChI=1S/C61H82O7/c1-40(23-27-49-44(5)21-15-31-57(49,7)8)17-13-19-42(3)35-54(65)67-39-53(64)61(68-55(66)36-43(4)20-14-18-41(2)24-28-50-45(6)22-16-32-58(50,9)10)34-30-51-48-26-25-46-37-47(62)29-33-59(46,11)56(48)52(63)38-60(51,61)12/h13-14,17-20,23-24,27-28,35-37,48,51-52,56,63H,15-16,21-22,25-26,29-34,38-39H2,1-12H3/t48-,51-,52-,56+,59-,60-,61+/m0/s1. The summed E-state index contributed by atoms with van der Waals surface area (Å²) >= 11 is 0. The van der Waals surface area contributed by atoms with Gasteiger partial charge in [-0.25, -0.2) is 9.59 Å². The predicted octanol–water partition coefficient (Wildman–Crippen LogP) is 13.9. The Morgan fingerprint density at radius 2 is 1.24 bits per heavy atom. The summed E-state index contributed by atoms with van der Waals surface area (Å²) in [6.07, 6.45) is 35.0. The second-order valence-electron chi connectivity index (χ2n) is 23.2. The van der Waals surface area contributed by atoms with Crippen molar-refractivity contribution in [3.05, 3.63) is 129 Å². The molecule has 3 saturated carbocycles. The number of ether oxygens (including phenoxy) is 2. The van der Waals surface area contributed by atoms with E-state index in [1.807, 2.05) is 63.3 Å². The maximum atomic E-state index is 14.8. The lowest BCUT2D eigenvalue weighted by Crippen LogP contribution is -2.63. The Kier molecular flexibility index (Phi) is 16.4. The first-order chi connectivity index (χ1) is 31.9. The van der Waals surface area contributed by atoms with Gasteiger partial charge in [0.2, 0.25) is 5.78 Å². The first-order valence-electron chi connectivity index (χ1n) is 25.6. The van der Waals surface area contributed by atoms with Crippen LogP contribution in [0, 0.1) is 39.4 Å². The Hall–Kier alpha value is -4.62. The van der Waals surface area contributed by atoms with Crippen LogP contribution in [-0.4, -0.2) is 46.9 Å². The first-order valence-corrected chi connectivity index (χ1v) is 25.6. The molecule has 0 bridgehead atoms. The number of carbonyl (C=O) groups excluding carboxylic acids is 4. The summed E-state index contributed by atoms with van der Waals surface area (Å²) in [5, 5.41) is 12.2. The summed E-state index contributed by atoms with van der Waals surface area (Å²) < 4.78 is 12.2. The molecule has 6 aliphatic carbocycles. The fraction of sp³-hybridized carbons (Fsp3) is 0.574. The van der Waals surface area contributed by atoms with Crippen LogP contribution in [0.25, 0.3) is 0 Å². The average molecular weight is 927 g/mol. The minimum Gasteiger partial charge on any atom is -0.454 e. The summed E-state index contributed by atoms with van der Waals surface area (Å²) in [6.45, 7) is 25.1. The van der Waals surface area contributed by atoms with Gasteiger partial charge >= 0.3 is 11.9 Å². The lowest BCUT2D eigenvalue weighted by atomic mass is 9.45. The summed E-state index contributed by atoms with van der Waals surface area (Å²) in [5.74, 6) is -1.68. The monoisotopic (exact) mass is 927 g/mol. The van der Waals surface area contributed by atoms with Gasteiger partial charge in [0.15, 0.2) is 18.0 Å². The molecule has 0 spiro atoms. The minimum absolute atomic E-state index is 0.0298. The van der Waals surface area contributed by atoms with Gasteiger partial charge in [-0.1, -0.05) is 130 Å². The molecular formula is C61H82O7. The molecule has 1 N–H and O–H groups in total. The predicted molar refractivity (Wildman–Crippen MR) is 275 cm³/mol. The number of hydrogen-bond acceptors (Lipinski definition) is 7. The molecule has 7 heteroatoms. The maximum Gasteiger partial charge on any atom is 0.332 e. The van der Waals surface area contributed by atoms with Gasteiger partial charge in [0, 0.05) is 24.0 Å². The van der Waals surface area contributed by atoms with E-state index in [0.29, 0.717) is 30.4 Å². The van der Waals surface area contributed by atoms with Crippen molar-refractivity contribution in [2.45, 2.75) is 178 Å². The molecule has 0 unspecified atom stereocenters.